The Hall–Kier alpha value is -0.900. The Bertz CT molecular complexity index is 311. The molecule has 2 amide bonds. The van der Waals surface area contributed by atoms with Gasteiger partial charge in [-0.25, -0.2) is 0 Å². The second-order valence-electron chi connectivity index (χ2n) is 6.53. The first-order chi connectivity index (χ1) is 8.64. The van der Waals surface area contributed by atoms with E-state index in [1.807, 2.05) is 21.0 Å². The van der Waals surface area contributed by atoms with Gasteiger partial charge in [0.2, 0.25) is 11.8 Å². The molecule has 0 aromatic rings. The number of rotatable bonds is 4. The number of nitrogens with zero attached hydrogens (tertiary/aromatic N) is 2. The topological polar surface area (TPSA) is 40.6 Å². The molecule has 0 aromatic carbocycles. The molecule has 1 atom stereocenters. The molecular weight excluding hydrogens is 240 g/mol. The van der Waals surface area contributed by atoms with E-state index in [9.17, 15) is 9.59 Å². The summed E-state index contributed by atoms with van der Waals surface area (Å²) in [7, 11) is 4.00. The van der Waals surface area contributed by atoms with Crippen LogP contribution in [0.1, 0.15) is 47.5 Å². The smallest absolute Gasteiger partial charge is 0.232 e. The van der Waals surface area contributed by atoms with Crippen molar-refractivity contribution < 1.29 is 9.59 Å². The predicted molar refractivity (Wildman–Crippen MR) is 78.8 cm³/mol. The first-order valence-electron chi connectivity index (χ1n) is 7.13. The second kappa shape index (κ2) is 7.63. The summed E-state index contributed by atoms with van der Waals surface area (Å²) in [5.74, 6) is -0.177. The van der Waals surface area contributed by atoms with E-state index in [2.05, 4.69) is 32.6 Å². The number of amides is 2. The third-order valence-electron chi connectivity index (χ3n) is 2.80. The first kappa shape index (κ1) is 18.1. The van der Waals surface area contributed by atoms with Crippen molar-refractivity contribution in [2.45, 2.75) is 47.5 Å². The minimum atomic E-state index is -0.136. The molecule has 0 N–H and O–H groups in total. The lowest BCUT2D eigenvalue weighted by molar-refractivity contribution is -0.141. The highest BCUT2D eigenvalue weighted by molar-refractivity contribution is 6.03. The maximum Gasteiger partial charge on any atom is 0.232 e. The van der Waals surface area contributed by atoms with Crippen LogP contribution in [0.15, 0.2) is 0 Å². The molecule has 0 bridgehead atoms. The van der Waals surface area contributed by atoms with E-state index in [4.69, 9.17) is 0 Å². The van der Waals surface area contributed by atoms with E-state index in [-0.39, 0.29) is 23.1 Å². The Morgan fingerprint density at radius 1 is 1.26 bits per heavy atom. The molecule has 1 unspecified atom stereocenters. The molecule has 1 aliphatic heterocycles. The van der Waals surface area contributed by atoms with Gasteiger partial charge < -0.3 is 4.90 Å². The standard InChI is InChI=1S/C12H22N2O2.C3H8/c1-9-6-10(15)14(11(9)16)8-12(2,3)7-13(4)5;1-3-2/h9H,6-8H2,1-5H3;3H2,1-2H3. The maximum atomic E-state index is 11.8. The zero-order valence-corrected chi connectivity index (χ0v) is 13.6. The predicted octanol–water partition coefficient (Wildman–Crippen LogP) is 2.39. The molecule has 1 saturated heterocycles. The lowest BCUT2D eigenvalue weighted by Gasteiger charge is -2.31. The fourth-order valence-corrected chi connectivity index (χ4v) is 2.35. The molecule has 19 heavy (non-hydrogen) atoms. The van der Waals surface area contributed by atoms with Crippen molar-refractivity contribution in [2.75, 3.05) is 27.2 Å². The summed E-state index contributed by atoms with van der Waals surface area (Å²) < 4.78 is 0. The van der Waals surface area contributed by atoms with E-state index in [1.165, 1.54) is 11.3 Å². The fraction of sp³-hybridized carbons (Fsp3) is 0.867. The molecule has 1 heterocycles. The number of hydrogen-bond donors (Lipinski definition) is 0. The highest BCUT2D eigenvalue weighted by Gasteiger charge is 2.38. The van der Waals surface area contributed by atoms with Gasteiger partial charge in [-0.1, -0.05) is 41.0 Å². The number of likely N-dealkylation sites (tertiary alicyclic amines) is 1. The molecule has 4 nitrogen and oxygen atoms in total. The minimum Gasteiger partial charge on any atom is -0.309 e. The van der Waals surface area contributed by atoms with Crippen LogP contribution in [0.4, 0.5) is 0 Å². The van der Waals surface area contributed by atoms with Crippen LogP contribution in [0, 0.1) is 11.3 Å². The Morgan fingerprint density at radius 2 is 1.74 bits per heavy atom. The number of hydrogen-bond acceptors (Lipinski definition) is 3. The normalized spacial score (nSPS) is 19.8. The first-order valence-corrected chi connectivity index (χ1v) is 7.13. The van der Waals surface area contributed by atoms with Crippen molar-refractivity contribution in [2.24, 2.45) is 11.3 Å². The quantitative estimate of drug-likeness (QED) is 0.736. The number of carbonyl (C=O) groups excluding carboxylic acids is 2. The van der Waals surface area contributed by atoms with Crippen LogP contribution in [0.25, 0.3) is 0 Å². The molecule has 1 fully saturated rings. The number of carbonyl (C=O) groups is 2. The van der Waals surface area contributed by atoms with Crippen LogP contribution in [-0.2, 0) is 9.59 Å². The summed E-state index contributed by atoms with van der Waals surface area (Å²) in [5, 5.41) is 0. The Kier molecular flexibility index (Phi) is 7.27. The van der Waals surface area contributed by atoms with Gasteiger partial charge in [0.05, 0.1) is 0 Å². The zero-order valence-electron chi connectivity index (χ0n) is 13.6. The second-order valence-corrected chi connectivity index (χ2v) is 6.53. The van der Waals surface area contributed by atoms with Gasteiger partial charge in [0.1, 0.15) is 0 Å². The highest BCUT2D eigenvalue weighted by atomic mass is 16.2. The fourth-order valence-electron chi connectivity index (χ4n) is 2.35. The SMILES string of the molecule is CC1CC(=O)N(CC(C)(C)CN(C)C)C1=O.CCC. The van der Waals surface area contributed by atoms with Gasteiger partial charge in [-0.3, -0.25) is 14.5 Å². The van der Waals surface area contributed by atoms with Crippen molar-refractivity contribution in [3.05, 3.63) is 0 Å². The van der Waals surface area contributed by atoms with Crippen molar-refractivity contribution >= 4 is 11.8 Å². The molecule has 1 aliphatic rings. The van der Waals surface area contributed by atoms with Gasteiger partial charge in [0.25, 0.3) is 0 Å². The summed E-state index contributed by atoms with van der Waals surface area (Å²) in [6, 6.07) is 0. The van der Waals surface area contributed by atoms with Crippen LogP contribution in [0.5, 0.6) is 0 Å². The third-order valence-corrected chi connectivity index (χ3v) is 2.80. The molecular formula is C15H30N2O2. The molecule has 0 aliphatic carbocycles. The largest absolute Gasteiger partial charge is 0.309 e. The van der Waals surface area contributed by atoms with Gasteiger partial charge in [0.15, 0.2) is 0 Å². The molecule has 0 saturated carbocycles. The monoisotopic (exact) mass is 270 g/mol. The summed E-state index contributed by atoms with van der Waals surface area (Å²) in [5.41, 5.74) is -0.0567. The van der Waals surface area contributed by atoms with Crippen molar-refractivity contribution in [1.29, 1.82) is 0 Å². The molecule has 0 radical (unpaired) electrons. The van der Waals surface area contributed by atoms with E-state index in [0.717, 1.165) is 6.54 Å². The van der Waals surface area contributed by atoms with E-state index in [1.54, 1.807) is 0 Å². The Balaban J connectivity index is 0.000000982. The number of imide groups is 1. The zero-order chi connectivity index (χ0) is 15.2. The molecule has 0 aromatic heterocycles. The summed E-state index contributed by atoms with van der Waals surface area (Å²) >= 11 is 0. The van der Waals surface area contributed by atoms with Gasteiger partial charge in [-0.15, -0.1) is 0 Å². The third kappa shape index (κ3) is 6.19. The van der Waals surface area contributed by atoms with Crippen LogP contribution in [0.2, 0.25) is 0 Å². The van der Waals surface area contributed by atoms with Crippen LogP contribution < -0.4 is 0 Å². The van der Waals surface area contributed by atoms with Crippen molar-refractivity contribution in [3.63, 3.8) is 0 Å². The molecule has 4 heteroatoms. The summed E-state index contributed by atoms with van der Waals surface area (Å²) in [4.78, 5) is 26.9. The van der Waals surface area contributed by atoms with Gasteiger partial charge in [-0.2, -0.15) is 0 Å². The van der Waals surface area contributed by atoms with Gasteiger partial charge in [-0.05, 0) is 19.5 Å². The highest BCUT2D eigenvalue weighted by Crippen LogP contribution is 2.25. The minimum absolute atomic E-state index is 0.0168. The van der Waals surface area contributed by atoms with Crippen molar-refractivity contribution in [1.82, 2.24) is 9.80 Å². The summed E-state index contributed by atoms with van der Waals surface area (Å²) in [6.07, 6.45) is 1.62. The lowest BCUT2D eigenvalue weighted by Crippen LogP contribution is -2.42. The van der Waals surface area contributed by atoms with Crippen LogP contribution in [-0.4, -0.2) is 48.8 Å². The van der Waals surface area contributed by atoms with Gasteiger partial charge in [0, 0.05) is 25.4 Å². The van der Waals surface area contributed by atoms with E-state index < -0.39 is 0 Å². The van der Waals surface area contributed by atoms with Crippen molar-refractivity contribution in [3.8, 4) is 0 Å². The van der Waals surface area contributed by atoms with E-state index >= 15 is 0 Å². The van der Waals surface area contributed by atoms with Crippen LogP contribution >= 0.6 is 0 Å². The van der Waals surface area contributed by atoms with E-state index in [0.29, 0.717) is 13.0 Å². The summed E-state index contributed by atoms with van der Waals surface area (Å²) in [6.45, 7) is 11.6. The molecule has 1 rings (SSSR count). The average Bonchev–Trinajstić information content (AvgIpc) is 2.44. The Morgan fingerprint density at radius 3 is 2.05 bits per heavy atom. The molecule has 112 valence electrons. The Labute approximate surface area is 118 Å². The lowest BCUT2D eigenvalue weighted by atomic mass is 9.92. The molecule has 0 spiro atoms. The van der Waals surface area contributed by atoms with Gasteiger partial charge >= 0.3 is 0 Å². The average molecular weight is 270 g/mol. The maximum absolute atomic E-state index is 11.8. The van der Waals surface area contributed by atoms with Crippen LogP contribution in [0.3, 0.4) is 0 Å².